The Kier molecular flexibility index (Phi) is 3.24. The number of amides is 1. The zero-order valence-electron chi connectivity index (χ0n) is 9.93. The second kappa shape index (κ2) is 4.67. The van der Waals surface area contributed by atoms with Gasteiger partial charge in [0.2, 0.25) is 0 Å². The third kappa shape index (κ3) is 2.53. The molecule has 3 nitrogen and oxygen atoms in total. The van der Waals surface area contributed by atoms with Gasteiger partial charge in [-0.1, -0.05) is 6.07 Å². The topological polar surface area (TPSA) is 41.1 Å². The second-order valence-corrected chi connectivity index (χ2v) is 4.27. The number of carbonyl (C=O) groups is 1. The van der Waals surface area contributed by atoms with Crippen LogP contribution in [0.1, 0.15) is 12.5 Å². The van der Waals surface area contributed by atoms with Crippen molar-refractivity contribution < 1.29 is 9.18 Å². The molecule has 0 spiro atoms. The Morgan fingerprint density at radius 3 is 2.71 bits per heavy atom. The van der Waals surface area contributed by atoms with Crippen LogP contribution in [0.4, 0.5) is 10.1 Å². The van der Waals surface area contributed by atoms with Crippen LogP contribution in [0, 0.1) is 12.7 Å². The minimum absolute atomic E-state index is 0.231. The number of hydrogen-bond donors (Lipinski definition) is 2. The van der Waals surface area contributed by atoms with Gasteiger partial charge in [0.15, 0.2) is 0 Å². The fourth-order valence-corrected chi connectivity index (χ4v) is 1.63. The quantitative estimate of drug-likeness (QED) is 0.768. The van der Waals surface area contributed by atoms with Gasteiger partial charge in [0.1, 0.15) is 5.82 Å². The Balaban J connectivity index is 2.15. The summed E-state index contributed by atoms with van der Waals surface area (Å²) in [5.74, 6) is -0.639. The normalized spacial score (nSPS) is 14.2. The molecule has 1 aliphatic heterocycles. The number of benzene rings is 1. The van der Waals surface area contributed by atoms with Gasteiger partial charge in [0.05, 0.1) is 5.69 Å². The number of nitrogens with one attached hydrogen (secondary N) is 2. The lowest BCUT2D eigenvalue weighted by Crippen LogP contribution is -2.36. The van der Waals surface area contributed by atoms with Crippen LogP contribution < -0.4 is 10.6 Å². The Morgan fingerprint density at radius 2 is 2.12 bits per heavy atom. The van der Waals surface area contributed by atoms with Crippen molar-refractivity contribution in [2.75, 3.05) is 18.4 Å². The number of halogens is 1. The van der Waals surface area contributed by atoms with Gasteiger partial charge in [-0.05, 0) is 37.1 Å². The van der Waals surface area contributed by atoms with Gasteiger partial charge in [-0.3, -0.25) is 4.79 Å². The molecular weight excluding hydrogens is 219 g/mol. The molecule has 1 fully saturated rings. The molecule has 1 aromatic rings. The van der Waals surface area contributed by atoms with Crippen LogP contribution in [0.25, 0.3) is 0 Å². The lowest BCUT2D eigenvalue weighted by molar-refractivity contribution is -0.112. The highest BCUT2D eigenvalue weighted by atomic mass is 19.1. The second-order valence-electron chi connectivity index (χ2n) is 4.27. The Morgan fingerprint density at radius 1 is 1.41 bits per heavy atom. The highest BCUT2D eigenvalue weighted by molar-refractivity contribution is 6.04. The number of aryl methyl sites for hydroxylation is 1. The van der Waals surface area contributed by atoms with Crippen molar-refractivity contribution in [3.63, 3.8) is 0 Å². The summed E-state index contributed by atoms with van der Waals surface area (Å²) in [4.78, 5) is 11.8. The van der Waals surface area contributed by atoms with Crippen LogP contribution >= 0.6 is 0 Å². The summed E-state index contributed by atoms with van der Waals surface area (Å²) in [7, 11) is 0. The molecule has 0 aromatic heterocycles. The molecule has 0 unspecified atom stereocenters. The Labute approximate surface area is 99.7 Å². The van der Waals surface area contributed by atoms with E-state index < -0.39 is 5.82 Å². The predicted molar refractivity (Wildman–Crippen MR) is 65.3 cm³/mol. The minimum Gasteiger partial charge on any atom is -0.320 e. The van der Waals surface area contributed by atoms with E-state index in [1.807, 2.05) is 6.92 Å². The lowest BCUT2D eigenvalue weighted by atomic mass is 10.0. The Bertz CT molecular complexity index is 488. The van der Waals surface area contributed by atoms with Gasteiger partial charge in [-0.2, -0.15) is 0 Å². The molecular formula is C13H15FN2O. The third-order valence-electron chi connectivity index (χ3n) is 2.92. The number of hydrogen-bond acceptors (Lipinski definition) is 2. The molecule has 1 amide bonds. The van der Waals surface area contributed by atoms with Crippen molar-refractivity contribution >= 4 is 11.6 Å². The molecule has 0 atom stereocenters. The molecule has 0 bridgehead atoms. The average Bonchev–Trinajstić information content (AvgIpc) is 2.21. The van der Waals surface area contributed by atoms with E-state index in [2.05, 4.69) is 10.6 Å². The molecule has 4 heteroatoms. The molecule has 0 radical (unpaired) electrons. The van der Waals surface area contributed by atoms with E-state index in [1.54, 1.807) is 19.1 Å². The van der Waals surface area contributed by atoms with E-state index in [-0.39, 0.29) is 11.6 Å². The van der Waals surface area contributed by atoms with Crippen molar-refractivity contribution in [3.05, 3.63) is 40.7 Å². The van der Waals surface area contributed by atoms with E-state index >= 15 is 0 Å². The van der Waals surface area contributed by atoms with Crippen LogP contribution in [0.3, 0.4) is 0 Å². The third-order valence-corrected chi connectivity index (χ3v) is 2.92. The van der Waals surface area contributed by atoms with Gasteiger partial charge in [0.25, 0.3) is 5.91 Å². The predicted octanol–water partition coefficient (Wildman–Crippen LogP) is 1.99. The highest BCUT2D eigenvalue weighted by Gasteiger charge is 2.16. The molecule has 0 aliphatic carbocycles. The van der Waals surface area contributed by atoms with E-state index in [1.165, 1.54) is 6.07 Å². The molecule has 90 valence electrons. The van der Waals surface area contributed by atoms with Gasteiger partial charge >= 0.3 is 0 Å². The number of carbonyl (C=O) groups excluding carboxylic acids is 1. The van der Waals surface area contributed by atoms with Crippen LogP contribution in [-0.4, -0.2) is 19.0 Å². The number of rotatable bonds is 2. The molecule has 1 aliphatic rings. The van der Waals surface area contributed by atoms with E-state index in [0.717, 1.165) is 24.2 Å². The van der Waals surface area contributed by atoms with Crippen LogP contribution in [0.2, 0.25) is 0 Å². The molecule has 0 saturated carbocycles. The summed E-state index contributed by atoms with van der Waals surface area (Å²) >= 11 is 0. The van der Waals surface area contributed by atoms with Gasteiger partial charge in [-0.25, -0.2) is 4.39 Å². The van der Waals surface area contributed by atoms with Crippen molar-refractivity contribution in [1.82, 2.24) is 5.32 Å². The molecule has 1 saturated heterocycles. The molecule has 17 heavy (non-hydrogen) atoms. The average molecular weight is 234 g/mol. The largest absolute Gasteiger partial charge is 0.320 e. The standard InChI is InChI=1S/C13H15FN2O/c1-8-3-4-11(14)12(5-8)16-13(17)9(2)10-6-15-7-10/h3-5,15H,6-7H2,1-2H3,(H,16,17). The smallest absolute Gasteiger partial charge is 0.251 e. The Hall–Kier alpha value is -1.68. The van der Waals surface area contributed by atoms with E-state index in [4.69, 9.17) is 0 Å². The lowest BCUT2D eigenvalue weighted by Gasteiger charge is -2.21. The van der Waals surface area contributed by atoms with Crippen LogP contribution in [-0.2, 0) is 4.79 Å². The van der Waals surface area contributed by atoms with Crippen molar-refractivity contribution in [1.29, 1.82) is 0 Å². The summed E-state index contributed by atoms with van der Waals surface area (Å²) in [6.07, 6.45) is 0. The first-order valence-electron chi connectivity index (χ1n) is 5.55. The maximum absolute atomic E-state index is 13.4. The molecule has 1 aromatic carbocycles. The fourth-order valence-electron chi connectivity index (χ4n) is 1.63. The fraction of sp³-hybridized carbons (Fsp3) is 0.308. The van der Waals surface area contributed by atoms with Gasteiger partial charge in [0, 0.05) is 18.7 Å². The van der Waals surface area contributed by atoms with E-state index in [9.17, 15) is 9.18 Å². The SMILES string of the molecule is CC(C(=O)Nc1cc(C)ccc1F)=C1CNC1. The molecule has 2 N–H and O–H groups in total. The van der Waals surface area contributed by atoms with Crippen LogP contribution in [0.5, 0.6) is 0 Å². The molecule has 1 heterocycles. The summed E-state index contributed by atoms with van der Waals surface area (Å²) < 4.78 is 13.4. The van der Waals surface area contributed by atoms with Crippen molar-refractivity contribution in [2.45, 2.75) is 13.8 Å². The van der Waals surface area contributed by atoms with Crippen LogP contribution in [0.15, 0.2) is 29.3 Å². The first kappa shape index (κ1) is 11.8. The van der Waals surface area contributed by atoms with Gasteiger partial charge < -0.3 is 10.6 Å². The van der Waals surface area contributed by atoms with E-state index in [0.29, 0.717) is 5.57 Å². The maximum atomic E-state index is 13.4. The summed E-state index contributed by atoms with van der Waals surface area (Å²) in [6.45, 7) is 5.11. The summed E-state index contributed by atoms with van der Waals surface area (Å²) in [5, 5.41) is 5.67. The van der Waals surface area contributed by atoms with Gasteiger partial charge in [-0.15, -0.1) is 0 Å². The zero-order valence-corrected chi connectivity index (χ0v) is 9.93. The maximum Gasteiger partial charge on any atom is 0.251 e. The monoisotopic (exact) mass is 234 g/mol. The summed E-state index contributed by atoms with van der Waals surface area (Å²) in [5.41, 5.74) is 2.90. The first-order chi connectivity index (χ1) is 8.08. The highest BCUT2D eigenvalue weighted by Crippen LogP contribution is 2.17. The number of anilines is 1. The first-order valence-corrected chi connectivity index (χ1v) is 5.55. The van der Waals surface area contributed by atoms with Crippen molar-refractivity contribution in [2.24, 2.45) is 0 Å². The molecule has 2 rings (SSSR count). The minimum atomic E-state index is -0.409. The van der Waals surface area contributed by atoms with Crippen molar-refractivity contribution in [3.8, 4) is 0 Å². The summed E-state index contributed by atoms with van der Waals surface area (Å²) in [6, 6.07) is 4.66. The zero-order chi connectivity index (χ0) is 12.4.